The van der Waals surface area contributed by atoms with E-state index in [0.717, 1.165) is 21.1 Å². The van der Waals surface area contributed by atoms with Crippen LogP contribution in [0.15, 0.2) is 48.5 Å². The van der Waals surface area contributed by atoms with Crippen molar-refractivity contribution >= 4 is 22.9 Å². The number of aryl methyl sites for hydroxylation is 1. The van der Waals surface area contributed by atoms with Gasteiger partial charge in [-0.15, -0.1) is 11.3 Å². The highest BCUT2D eigenvalue weighted by Gasteiger charge is 2.13. The SMILES string of the molecule is Cc1nc(-c2cccc(F)c2)sc1CCNC(=O)c1cccc([N+](=O)[O-])c1. The molecule has 0 atom stereocenters. The highest BCUT2D eigenvalue weighted by molar-refractivity contribution is 7.15. The molecule has 27 heavy (non-hydrogen) atoms. The standard InChI is InChI=1S/C19H16FN3O3S/c1-12-17(27-19(22-12)14-5-2-6-15(20)10-14)8-9-21-18(24)13-4-3-7-16(11-13)23(25)26/h2-7,10-11H,8-9H2,1H3,(H,21,24). The Labute approximate surface area is 158 Å². The van der Waals surface area contributed by atoms with Gasteiger partial charge in [0.2, 0.25) is 0 Å². The molecule has 2 aromatic carbocycles. The fourth-order valence-corrected chi connectivity index (χ4v) is 3.62. The van der Waals surface area contributed by atoms with Crippen LogP contribution in [0.5, 0.6) is 0 Å². The summed E-state index contributed by atoms with van der Waals surface area (Å²) in [5.41, 5.74) is 1.67. The Morgan fingerprint density at radius 1 is 1.26 bits per heavy atom. The number of thiazole rings is 1. The fraction of sp³-hybridized carbons (Fsp3) is 0.158. The van der Waals surface area contributed by atoms with E-state index in [1.165, 1.54) is 47.7 Å². The molecular weight excluding hydrogens is 369 g/mol. The largest absolute Gasteiger partial charge is 0.352 e. The zero-order valence-electron chi connectivity index (χ0n) is 14.4. The molecule has 6 nitrogen and oxygen atoms in total. The summed E-state index contributed by atoms with van der Waals surface area (Å²) >= 11 is 1.46. The van der Waals surface area contributed by atoms with Gasteiger partial charge in [0.25, 0.3) is 11.6 Å². The molecule has 0 saturated heterocycles. The number of non-ortho nitro benzene ring substituents is 1. The molecule has 0 fully saturated rings. The summed E-state index contributed by atoms with van der Waals surface area (Å²) < 4.78 is 13.4. The van der Waals surface area contributed by atoms with Crippen LogP contribution in [0.2, 0.25) is 0 Å². The van der Waals surface area contributed by atoms with E-state index in [0.29, 0.717) is 13.0 Å². The van der Waals surface area contributed by atoms with Crippen molar-refractivity contribution in [2.75, 3.05) is 6.54 Å². The first-order valence-electron chi connectivity index (χ1n) is 8.19. The average molecular weight is 385 g/mol. The van der Waals surface area contributed by atoms with Crippen molar-refractivity contribution in [2.24, 2.45) is 0 Å². The molecular formula is C19H16FN3O3S. The number of nitrogens with one attached hydrogen (secondary N) is 1. The molecule has 138 valence electrons. The number of nitro benzene ring substituents is 1. The quantitative estimate of drug-likeness (QED) is 0.510. The van der Waals surface area contributed by atoms with Gasteiger partial charge in [-0.05, 0) is 25.1 Å². The number of nitrogens with zero attached hydrogens (tertiary/aromatic N) is 2. The molecule has 0 bridgehead atoms. The van der Waals surface area contributed by atoms with Crippen LogP contribution in [-0.2, 0) is 6.42 Å². The van der Waals surface area contributed by atoms with Crippen molar-refractivity contribution in [1.82, 2.24) is 10.3 Å². The van der Waals surface area contributed by atoms with Crippen LogP contribution in [0.1, 0.15) is 20.9 Å². The molecule has 0 aliphatic carbocycles. The Kier molecular flexibility index (Phi) is 5.56. The summed E-state index contributed by atoms with van der Waals surface area (Å²) in [5.74, 6) is -0.683. The van der Waals surface area contributed by atoms with Crippen LogP contribution in [0.3, 0.4) is 0 Å². The second-order valence-electron chi connectivity index (χ2n) is 5.85. The Morgan fingerprint density at radius 3 is 2.78 bits per heavy atom. The lowest BCUT2D eigenvalue weighted by Gasteiger charge is -2.04. The molecule has 0 unspecified atom stereocenters. The van der Waals surface area contributed by atoms with Crippen LogP contribution in [0.4, 0.5) is 10.1 Å². The number of carbonyl (C=O) groups is 1. The van der Waals surface area contributed by atoms with Crippen molar-refractivity contribution in [1.29, 1.82) is 0 Å². The molecule has 3 rings (SSSR count). The minimum absolute atomic E-state index is 0.124. The van der Waals surface area contributed by atoms with Crippen molar-refractivity contribution in [3.05, 3.63) is 80.6 Å². The van der Waals surface area contributed by atoms with Gasteiger partial charge in [0.15, 0.2) is 0 Å². The van der Waals surface area contributed by atoms with Gasteiger partial charge in [0.1, 0.15) is 10.8 Å². The van der Waals surface area contributed by atoms with E-state index in [-0.39, 0.29) is 23.0 Å². The third-order valence-corrected chi connectivity index (χ3v) is 5.19. The molecule has 0 saturated carbocycles. The van der Waals surface area contributed by atoms with E-state index < -0.39 is 4.92 Å². The van der Waals surface area contributed by atoms with E-state index in [1.807, 2.05) is 6.92 Å². The second kappa shape index (κ2) is 8.05. The second-order valence-corrected chi connectivity index (χ2v) is 6.93. The Hall–Kier alpha value is -3.13. The lowest BCUT2D eigenvalue weighted by atomic mass is 10.2. The van der Waals surface area contributed by atoms with Crippen LogP contribution in [0.25, 0.3) is 10.6 Å². The highest BCUT2D eigenvalue weighted by Crippen LogP contribution is 2.28. The molecule has 0 aliphatic heterocycles. The van der Waals surface area contributed by atoms with Gasteiger partial charge in [-0.2, -0.15) is 0 Å². The Balaban J connectivity index is 1.63. The summed E-state index contributed by atoms with van der Waals surface area (Å²) in [4.78, 5) is 27.9. The van der Waals surface area contributed by atoms with Gasteiger partial charge < -0.3 is 5.32 Å². The number of nitro groups is 1. The number of hydrogen-bond acceptors (Lipinski definition) is 5. The molecule has 1 amide bonds. The predicted octanol–water partition coefficient (Wildman–Crippen LogP) is 4.14. The van der Waals surface area contributed by atoms with E-state index in [2.05, 4.69) is 10.3 Å². The minimum atomic E-state index is -0.536. The Bertz CT molecular complexity index is 1000. The third kappa shape index (κ3) is 4.53. The lowest BCUT2D eigenvalue weighted by molar-refractivity contribution is -0.384. The topological polar surface area (TPSA) is 85.1 Å². The average Bonchev–Trinajstić information content (AvgIpc) is 3.02. The molecule has 0 spiro atoms. The van der Waals surface area contributed by atoms with E-state index in [4.69, 9.17) is 0 Å². The normalized spacial score (nSPS) is 10.6. The summed E-state index contributed by atoms with van der Waals surface area (Å²) in [6, 6.07) is 11.9. The Morgan fingerprint density at radius 2 is 2.04 bits per heavy atom. The monoisotopic (exact) mass is 385 g/mol. The maximum absolute atomic E-state index is 13.4. The number of halogens is 1. The maximum Gasteiger partial charge on any atom is 0.270 e. The maximum atomic E-state index is 13.4. The van der Waals surface area contributed by atoms with Gasteiger partial charge in [-0.1, -0.05) is 18.2 Å². The predicted molar refractivity (Wildman–Crippen MR) is 101 cm³/mol. The van der Waals surface area contributed by atoms with Crippen molar-refractivity contribution in [2.45, 2.75) is 13.3 Å². The van der Waals surface area contributed by atoms with E-state index >= 15 is 0 Å². The van der Waals surface area contributed by atoms with Gasteiger partial charge in [-0.3, -0.25) is 14.9 Å². The number of aromatic nitrogens is 1. The first kappa shape index (κ1) is 18.7. The molecule has 0 aliphatic rings. The number of carbonyl (C=O) groups excluding carboxylic acids is 1. The molecule has 3 aromatic rings. The first-order valence-corrected chi connectivity index (χ1v) is 9.00. The molecule has 1 heterocycles. The lowest BCUT2D eigenvalue weighted by Crippen LogP contribution is -2.25. The summed E-state index contributed by atoms with van der Waals surface area (Å²) in [5, 5.41) is 14.3. The van der Waals surface area contributed by atoms with E-state index in [9.17, 15) is 19.3 Å². The van der Waals surface area contributed by atoms with Crippen LogP contribution < -0.4 is 5.32 Å². The summed E-state index contributed by atoms with van der Waals surface area (Å²) in [7, 11) is 0. The highest BCUT2D eigenvalue weighted by atomic mass is 32.1. The van der Waals surface area contributed by atoms with Crippen molar-refractivity contribution in [3.63, 3.8) is 0 Å². The minimum Gasteiger partial charge on any atom is -0.352 e. The van der Waals surface area contributed by atoms with Crippen LogP contribution >= 0.6 is 11.3 Å². The first-order chi connectivity index (χ1) is 12.9. The van der Waals surface area contributed by atoms with Crippen LogP contribution in [-0.4, -0.2) is 22.4 Å². The third-order valence-electron chi connectivity index (χ3n) is 3.92. The number of amides is 1. The molecule has 1 N–H and O–H groups in total. The smallest absolute Gasteiger partial charge is 0.270 e. The van der Waals surface area contributed by atoms with Gasteiger partial charge in [0.05, 0.1) is 10.6 Å². The molecule has 1 aromatic heterocycles. The van der Waals surface area contributed by atoms with Crippen LogP contribution in [0, 0.1) is 22.9 Å². The molecule has 0 radical (unpaired) electrons. The van der Waals surface area contributed by atoms with Gasteiger partial charge in [0, 0.05) is 41.1 Å². The van der Waals surface area contributed by atoms with E-state index in [1.54, 1.807) is 12.1 Å². The number of rotatable bonds is 6. The van der Waals surface area contributed by atoms with Gasteiger partial charge in [-0.25, -0.2) is 9.37 Å². The number of hydrogen-bond donors (Lipinski definition) is 1. The number of benzene rings is 2. The zero-order valence-corrected chi connectivity index (χ0v) is 15.3. The molecule has 8 heteroatoms. The zero-order chi connectivity index (χ0) is 19.4. The van der Waals surface area contributed by atoms with Gasteiger partial charge >= 0.3 is 0 Å². The van der Waals surface area contributed by atoms with Crippen molar-refractivity contribution in [3.8, 4) is 10.6 Å². The fourth-order valence-electron chi connectivity index (χ4n) is 2.56. The summed E-state index contributed by atoms with van der Waals surface area (Å²) in [6.45, 7) is 2.24. The van der Waals surface area contributed by atoms with Crippen molar-refractivity contribution < 1.29 is 14.1 Å². The summed E-state index contributed by atoms with van der Waals surface area (Å²) in [6.07, 6.45) is 0.569.